The van der Waals surface area contributed by atoms with Crippen LogP contribution in [-0.2, 0) is 4.79 Å². The van der Waals surface area contributed by atoms with E-state index in [1.165, 1.54) is 167 Å². The molecule has 0 spiro atoms. The van der Waals surface area contributed by atoms with E-state index in [-0.39, 0.29) is 6.61 Å². The van der Waals surface area contributed by atoms with Crippen LogP contribution in [0, 0.1) is 0 Å². The SMILES string of the molecule is CCCCCCCC/C=C/CC/C=C/C(O)C(CO)NC(=O)C(O)CCCCCCCCCCCCCCCCCCCCCCCCC. The zero-order valence-corrected chi connectivity index (χ0v) is 32.8. The number of hydrogen-bond donors (Lipinski definition) is 4. The molecule has 0 radical (unpaired) electrons. The van der Waals surface area contributed by atoms with Gasteiger partial charge in [-0.25, -0.2) is 0 Å². The second-order valence-electron chi connectivity index (χ2n) is 14.9. The van der Waals surface area contributed by atoms with Gasteiger partial charge in [-0.15, -0.1) is 0 Å². The molecule has 5 nitrogen and oxygen atoms in total. The molecule has 0 saturated heterocycles. The van der Waals surface area contributed by atoms with Crippen molar-refractivity contribution < 1.29 is 20.1 Å². The van der Waals surface area contributed by atoms with Gasteiger partial charge in [-0.3, -0.25) is 4.79 Å². The zero-order chi connectivity index (χ0) is 35.9. The molecule has 0 aliphatic carbocycles. The van der Waals surface area contributed by atoms with Crippen LogP contribution >= 0.6 is 0 Å². The number of aliphatic hydroxyl groups is 3. The minimum Gasteiger partial charge on any atom is -0.394 e. The maximum Gasteiger partial charge on any atom is 0.249 e. The van der Waals surface area contributed by atoms with Gasteiger partial charge in [0.2, 0.25) is 5.91 Å². The quantitative estimate of drug-likeness (QED) is 0.0381. The molecule has 0 bridgehead atoms. The molecule has 0 aromatic rings. The molecule has 3 atom stereocenters. The molecule has 5 heteroatoms. The number of unbranched alkanes of at least 4 members (excludes halogenated alkanes) is 29. The predicted molar refractivity (Wildman–Crippen MR) is 213 cm³/mol. The van der Waals surface area contributed by atoms with Gasteiger partial charge in [-0.1, -0.05) is 218 Å². The highest BCUT2D eigenvalue weighted by Crippen LogP contribution is 2.16. The zero-order valence-electron chi connectivity index (χ0n) is 32.8. The van der Waals surface area contributed by atoms with E-state index in [4.69, 9.17) is 0 Å². The Morgan fingerprint density at radius 3 is 1.24 bits per heavy atom. The third-order valence-corrected chi connectivity index (χ3v) is 10.0. The van der Waals surface area contributed by atoms with Crippen LogP contribution in [0.3, 0.4) is 0 Å². The highest BCUT2D eigenvalue weighted by molar-refractivity contribution is 5.80. The maximum absolute atomic E-state index is 12.4. The van der Waals surface area contributed by atoms with Crippen molar-refractivity contribution in [2.45, 2.75) is 244 Å². The number of carbonyl (C=O) groups excluding carboxylic acids is 1. The van der Waals surface area contributed by atoms with E-state index in [1.807, 2.05) is 6.08 Å². The topological polar surface area (TPSA) is 89.8 Å². The molecule has 3 unspecified atom stereocenters. The fourth-order valence-corrected chi connectivity index (χ4v) is 6.61. The average molecular weight is 692 g/mol. The number of allylic oxidation sites excluding steroid dienone is 3. The van der Waals surface area contributed by atoms with Crippen LogP contribution in [0.15, 0.2) is 24.3 Å². The Kier molecular flexibility index (Phi) is 38.7. The van der Waals surface area contributed by atoms with E-state index in [0.717, 1.165) is 38.5 Å². The summed E-state index contributed by atoms with van der Waals surface area (Å²) in [6, 6.07) is -0.809. The van der Waals surface area contributed by atoms with Crippen molar-refractivity contribution in [2.24, 2.45) is 0 Å². The van der Waals surface area contributed by atoms with Gasteiger partial charge in [0.25, 0.3) is 0 Å². The molecule has 49 heavy (non-hydrogen) atoms. The van der Waals surface area contributed by atoms with Gasteiger partial charge >= 0.3 is 0 Å². The Labute approximate surface area is 305 Å². The Balaban J connectivity index is 3.61. The van der Waals surface area contributed by atoms with E-state index < -0.39 is 24.2 Å². The minimum atomic E-state index is -1.10. The Morgan fingerprint density at radius 2 is 0.837 bits per heavy atom. The number of hydrogen-bond acceptors (Lipinski definition) is 4. The molecule has 0 aromatic heterocycles. The van der Waals surface area contributed by atoms with E-state index in [2.05, 4.69) is 31.3 Å². The molecule has 0 fully saturated rings. The molecule has 0 aliphatic rings. The van der Waals surface area contributed by atoms with Gasteiger partial charge in [0.15, 0.2) is 0 Å². The summed E-state index contributed by atoms with van der Waals surface area (Å²) in [7, 11) is 0. The molecule has 4 N–H and O–H groups in total. The van der Waals surface area contributed by atoms with Gasteiger partial charge < -0.3 is 20.6 Å². The summed E-state index contributed by atoms with van der Waals surface area (Å²) in [5.41, 5.74) is 0. The normalized spacial score (nSPS) is 13.8. The molecule has 0 saturated carbocycles. The Morgan fingerprint density at radius 1 is 0.490 bits per heavy atom. The van der Waals surface area contributed by atoms with Crippen LogP contribution in [0.4, 0.5) is 0 Å². The largest absolute Gasteiger partial charge is 0.394 e. The van der Waals surface area contributed by atoms with E-state index in [1.54, 1.807) is 6.08 Å². The van der Waals surface area contributed by atoms with Crippen LogP contribution in [0.2, 0.25) is 0 Å². The number of carbonyl (C=O) groups is 1. The van der Waals surface area contributed by atoms with Gasteiger partial charge in [0, 0.05) is 0 Å². The van der Waals surface area contributed by atoms with Crippen LogP contribution in [0.1, 0.15) is 226 Å². The van der Waals surface area contributed by atoms with Crippen molar-refractivity contribution in [3.05, 3.63) is 24.3 Å². The van der Waals surface area contributed by atoms with Crippen LogP contribution < -0.4 is 5.32 Å². The summed E-state index contributed by atoms with van der Waals surface area (Å²) >= 11 is 0. The lowest BCUT2D eigenvalue weighted by molar-refractivity contribution is -0.131. The molecular formula is C44H85NO4. The van der Waals surface area contributed by atoms with E-state index >= 15 is 0 Å². The molecule has 0 rings (SSSR count). The van der Waals surface area contributed by atoms with Crippen molar-refractivity contribution in [3.8, 4) is 0 Å². The first-order valence-corrected chi connectivity index (χ1v) is 21.7. The van der Waals surface area contributed by atoms with Crippen LogP contribution in [-0.4, -0.2) is 46.1 Å². The summed E-state index contributed by atoms with van der Waals surface area (Å²) in [6.45, 7) is 4.16. The van der Waals surface area contributed by atoms with Crippen molar-refractivity contribution in [3.63, 3.8) is 0 Å². The second-order valence-corrected chi connectivity index (χ2v) is 14.9. The molecule has 0 aliphatic heterocycles. The van der Waals surface area contributed by atoms with Crippen molar-refractivity contribution in [2.75, 3.05) is 6.61 Å². The van der Waals surface area contributed by atoms with Gasteiger partial charge in [0.1, 0.15) is 6.10 Å². The molecule has 1 amide bonds. The van der Waals surface area contributed by atoms with Crippen molar-refractivity contribution in [1.29, 1.82) is 0 Å². The van der Waals surface area contributed by atoms with Crippen LogP contribution in [0.5, 0.6) is 0 Å². The summed E-state index contributed by atoms with van der Waals surface area (Å²) in [5.74, 6) is -0.511. The third-order valence-electron chi connectivity index (χ3n) is 10.0. The first kappa shape index (κ1) is 47.8. The molecule has 0 aromatic carbocycles. The minimum absolute atomic E-state index is 0.373. The number of amides is 1. The van der Waals surface area contributed by atoms with Crippen LogP contribution in [0.25, 0.3) is 0 Å². The van der Waals surface area contributed by atoms with E-state index in [9.17, 15) is 20.1 Å². The summed E-state index contributed by atoms with van der Waals surface area (Å²) in [6.07, 6.45) is 47.9. The first-order chi connectivity index (χ1) is 24.1. The van der Waals surface area contributed by atoms with Crippen molar-refractivity contribution >= 4 is 5.91 Å². The number of rotatable bonds is 39. The molecular weight excluding hydrogens is 606 g/mol. The average Bonchev–Trinajstić information content (AvgIpc) is 3.11. The molecule has 0 heterocycles. The van der Waals surface area contributed by atoms with Gasteiger partial charge in [-0.05, 0) is 32.1 Å². The third kappa shape index (κ3) is 35.0. The summed E-state index contributed by atoms with van der Waals surface area (Å²) < 4.78 is 0. The fourth-order valence-electron chi connectivity index (χ4n) is 6.61. The first-order valence-electron chi connectivity index (χ1n) is 21.7. The summed E-state index contributed by atoms with van der Waals surface area (Å²) in [4.78, 5) is 12.4. The monoisotopic (exact) mass is 692 g/mol. The molecule has 290 valence electrons. The van der Waals surface area contributed by atoms with E-state index in [0.29, 0.717) is 6.42 Å². The van der Waals surface area contributed by atoms with Gasteiger partial charge in [0.05, 0.1) is 18.8 Å². The fraction of sp³-hybridized carbons (Fsp3) is 0.886. The standard InChI is InChI=1S/C44H85NO4/c1-3-5-7-9-11-13-15-17-18-19-20-21-22-23-24-25-26-27-29-31-33-35-37-39-43(48)44(49)45-41(40-46)42(47)38-36-34-32-30-28-16-14-12-10-8-6-4-2/h28,30,36,38,41-43,46-48H,3-27,29,31-35,37,39-40H2,1-2H3,(H,45,49)/b30-28+,38-36+. The second kappa shape index (κ2) is 39.6. The Bertz CT molecular complexity index is 724. The maximum atomic E-state index is 12.4. The smallest absolute Gasteiger partial charge is 0.249 e. The van der Waals surface area contributed by atoms with Crippen molar-refractivity contribution in [1.82, 2.24) is 5.32 Å². The number of nitrogens with one attached hydrogen (secondary N) is 1. The predicted octanol–water partition coefficient (Wildman–Crippen LogP) is 12.2. The highest BCUT2D eigenvalue weighted by atomic mass is 16.3. The summed E-state index contributed by atoms with van der Waals surface area (Å²) in [5, 5.41) is 33.0. The lowest BCUT2D eigenvalue weighted by Crippen LogP contribution is -2.48. The van der Waals surface area contributed by atoms with Gasteiger partial charge in [-0.2, -0.15) is 0 Å². The lowest BCUT2D eigenvalue weighted by atomic mass is 10.0. The lowest BCUT2D eigenvalue weighted by Gasteiger charge is -2.21. The highest BCUT2D eigenvalue weighted by Gasteiger charge is 2.22. The Hall–Kier alpha value is -1.17. The number of aliphatic hydroxyl groups excluding tert-OH is 3.